The molecule has 6 nitrogen and oxygen atoms in total. The number of rotatable bonds is 2. The largest absolute Gasteiger partial charge is 0.388 e. The van der Waals surface area contributed by atoms with E-state index in [0.29, 0.717) is 6.54 Å². The van der Waals surface area contributed by atoms with Crippen molar-refractivity contribution < 1.29 is 4.79 Å². The lowest BCUT2D eigenvalue weighted by Crippen LogP contribution is -2.35. The Morgan fingerprint density at radius 2 is 2.08 bits per heavy atom. The Hall–Kier alpha value is -2.21. The number of amides is 2. The third kappa shape index (κ3) is 3.63. The van der Waals surface area contributed by atoms with Gasteiger partial charge in [0.1, 0.15) is 17.8 Å². The van der Waals surface area contributed by atoms with Crippen LogP contribution >= 0.6 is 0 Å². The number of carbonyl (C=O) groups excluding carboxylic acids is 1. The molecule has 6 heteroatoms. The first kappa shape index (κ1) is 10.8. The summed E-state index contributed by atoms with van der Waals surface area (Å²) in [6.45, 7) is 2.15. The maximum absolute atomic E-state index is 10.9. The minimum Gasteiger partial charge on any atom is -0.388 e. The molecule has 0 saturated heterocycles. The fraction of sp³-hybridized carbons (Fsp3) is 0.286. The van der Waals surface area contributed by atoms with Crippen molar-refractivity contribution in [1.29, 1.82) is 10.5 Å². The van der Waals surface area contributed by atoms with Gasteiger partial charge in [-0.2, -0.15) is 10.5 Å². The highest BCUT2D eigenvalue weighted by molar-refractivity contribution is 5.77. The van der Waals surface area contributed by atoms with Crippen molar-refractivity contribution >= 4 is 6.03 Å². The summed E-state index contributed by atoms with van der Waals surface area (Å²) in [4.78, 5) is 10.9. The zero-order valence-electron chi connectivity index (χ0n) is 7.09. The van der Waals surface area contributed by atoms with Gasteiger partial charge in [-0.15, -0.1) is 0 Å². The molecule has 0 fully saturated rings. The molecule has 0 atom stereocenters. The molecule has 0 unspecified atom stereocenters. The van der Waals surface area contributed by atoms with Crippen LogP contribution in [0.5, 0.6) is 0 Å². The quantitative estimate of drug-likeness (QED) is 0.496. The van der Waals surface area contributed by atoms with E-state index in [4.69, 9.17) is 16.3 Å². The number of hydrogen-bond donors (Lipinski definition) is 3. The van der Waals surface area contributed by atoms with Crippen LogP contribution in [0.25, 0.3) is 0 Å². The lowest BCUT2D eigenvalue weighted by atomic mass is 10.4. The Balaban J connectivity index is 4.44. The number of urea groups is 1. The summed E-state index contributed by atoms with van der Waals surface area (Å²) in [7, 11) is 0. The topological polar surface area (TPSA) is 115 Å². The molecule has 2 amide bonds. The Morgan fingerprint density at radius 1 is 1.46 bits per heavy atom. The number of nitrogens with one attached hydrogen (secondary N) is 2. The van der Waals surface area contributed by atoms with Gasteiger partial charge in [0.2, 0.25) is 0 Å². The highest BCUT2D eigenvalue weighted by Crippen LogP contribution is 1.90. The van der Waals surface area contributed by atoms with E-state index in [2.05, 4.69) is 10.6 Å². The van der Waals surface area contributed by atoms with E-state index >= 15 is 0 Å². The molecule has 0 aromatic carbocycles. The van der Waals surface area contributed by atoms with Crippen LogP contribution in [0.4, 0.5) is 4.79 Å². The second-order valence-electron chi connectivity index (χ2n) is 2.00. The van der Waals surface area contributed by atoms with Crippen LogP contribution in [0.2, 0.25) is 0 Å². The maximum Gasteiger partial charge on any atom is 0.319 e. The van der Waals surface area contributed by atoms with Crippen molar-refractivity contribution in [3.8, 4) is 12.1 Å². The average molecular weight is 179 g/mol. The molecule has 0 aliphatic carbocycles. The summed E-state index contributed by atoms with van der Waals surface area (Å²) < 4.78 is 0. The molecule has 0 spiro atoms. The SMILES string of the molecule is CCNC(=O)N/C(C#N)=C(\N)C#N. The fourth-order valence-electron chi connectivity index (χ4n) is 0.530. The summed E-state index contributed by atoms with van der Waals surface area (Å²) in [5, 5.41) is 21.3. The molecule has 0 rings (SSSR count). The highest BCUT2D eigenvalue weighted by atomic mass is 16.2. The molecule has 4 N–H and O–H groups in total. The van der Waals surface area contributed by atoms with Gasteiger partial charge in [0.15, 0.2) is 5.70 Å². The van der Waals surface area contributed by atoms with Crippen LogP contribution in [0.3, 0.4) is 0 Å². The van der Waals surface area contributed by atoms with E-state index in [1.165, 1.54) is 0 Å². The van der Waals surface area contributed by atoms with Crippen LogP contribution in [0.1, 0.15) is 6.92 Å². The van der Waals surface area contributed by atoms with Gasteiger partial charge in [0.25, 0.3) is 0 Å². The molecule has 0 aromatic rings. The molecule has 0 aromatic heterocycles. The van der Waals surface area contributed by atoms with E-state index in [1.54, 1.807) is 19.1 Å². The molecule has 0 heterocycles. The van der Waals surface area contributed by atoms with Crippen molar-refractivity contribution in [3.63, 3.8) is 0 Å². The molecule has 13 heavy (non-hydrogen) atoms. The van der Waals surface area contributed by atoms with Crippen molar-refractivity contribution in [2.24, 2.45) is 5.73 Å². The second-order valence-corrected chi connectivity index (χ2v) is 2.00. The van der Waals surface area contributed by atoms with Crippen molar-refractivity contribution in [3.05, 3.63) is 11.4 Å². The van der Waals surface area contributed by atoms with Crippen LogP contribution < -0.4 is 16.4 Å². The van der Waals surface area contributed by atoms with Crippen molar-refractivity contribution in [2.75, 3.05) is 6.54 Å². The summed E-state index contributed by atoms with van der Waals surface area (Å²) in [6.07, 6.45) is 0. The smallest absolute Gasteiger partial charge is 0.319 e. The minimum atomic E-state index is -0.558. The van der Waals surface area contributed by atoms with Gasteiger partial charge in [-0.05, 0) is 6.92 Å². The zero-order chi connectivity index (χ0) is 10.3. The zero-order valence-corrected chi connectivity index (χ0v) is 7.09. The van der Waals surface area contributed by atoms with Crippen LogP contribution in [-0.4, -0.2) is 12.6 Å². The third-order valence-electron chi connectivity index (χ3n) is 1.08. The van der Waals surface area contributed by atoms with Crippen LogP contribution in [0, 0.1) is 22.7 Å². The molecule has 0 radical (unpaired) electrons. The van der Waals surface area contributed by atoms with E-state index in [1.807, 2.05) is 0 Å². The van der Waals surface area contributed by atoms with E-state index in [0.717, 1.165) is 0 Å². The van der Waals surface area contributed by atoms with Gasteiger partial charge in [0, 0.05) is 6.54 Å². The normalized spacial score (nSPS) is 10.4. The molecular weight excluding hydrogens is 170 g/mol. The van der Waals surface area contributed by atoms with Crippen LogP contribution in [0.15, 0.2) is 11.4 Å². The van der Waals surface area contributed by atoms with Crippen molar-refractivity contribution in [2.45, 2.75) is 6.92 Å². The number of nitrogens with two attached hydrogens (primary N) is 1. The highest BCUT2D eigenvalue weighted by Gasteiger charge is 2.05. The number of allylic oxidation sites excluding steroid dienone is 2. The van der Waals surface area contributed by atoms with Gasteiger partial charge in [-0.3, -0.25) is 5.32 Å². The number of hydrogen-bond acceptors (Lipinski definition) is 4. The lowest BCUT2D eigenvalue weighted by Gasteiger charge is -2.03. The van der Waals surface area contributed by atoms with Gasteiger partial charge < -0.3 is 11.1 Å². The number of nitrogens with zero attached hydrogens (tertiary/aromatic N) is 2. The summed E-state index contributed by atoms with van der Waals surface area (Å²) in [5.74, 6) is 0. The monoisotopic (exact) mass is 179 g/mol. The Kier molecular flexibility index (Phi) is 4.52. The summed E-state index contributed by atoms with van der Waals surface area (Å²) in [5.41, 5.74) is 4.57. The van der Waals surface area contributed by atoms with E-state index < -0.39 is 6.03 Å². The summed E-state index contributed by atoms with van der Waals surface area (Å²) in [6, 6.07) is 2.60. The molecular formula is C7H9N5O. The van der Waals surface area contributed by atoms with Crippen molar-refractivity contribution in [1.82, 2.24) is 10.6 Å². The second kappa shape index (κ2) is 5.44. The number of carbonyl (C=O) groups is 1. The molecule has 0 aliphatic heterocycles. The first-order chi connectivity index (χ1) is 6.15. The first-order valence-corrected chi connectivity index (χ1v) is 3.50. The first-order valence-electron chi connectivity index (χ1n) is 3.50. The fourth-order valence-corrected chi connectivity index (χ4v) is 0.530. The van der Waals surface area contributed by atoms with Gasteiger partial charge in [-0.25, -0.2) is 4.79 Å². The van der Waals surface area contributed by atoms with E-state index in [-0.39, 0.29) is 11.4 Å². The van der Waals surface area contributed by atoms with Gasteiger partial charge >= 0.3 is 6.03 Å². The minimum absolute atomic E-state index is 0.242. The summed E-state index contributed by atoms with van der Waals surface area (Å²) >= 11 is 0. The molecule has 0 bridgehead atoms. The van der Waals surface area contributed by atoms with E-state index in [9.17, 15) is 4.79 Å². The molecule has 0 aliphatic rings. The Morgan fingerprint density at radius 3 is 2.46 bits per heavy atom. The van der Waals surface area contributed by atoms with Gasteiger partial charge in [-0.1, -0.05) is 0 Å². The maximum atomic E-state index is 10.9. The molecule has 0 saturated carbocycles. The number of nitriles is 2. The predicted molar refractivity (Wildman–Crippen MR) is 44.6 cm³/mol. The predicted octanol–water partition coefficient (Wildman–Crippen LogP) is -0.477. The third-order valence-corrected chi connectivity index (χ3v) is 1.08. The standard InChI is InChI=1S/C7H9N5O/c1-2-11-7(13)12-6(4-9)5(10)3-8/h2,10H2,1H3,(H2,11,12,13)/b6-5-. The molecule has 68 valence electrons. The van der Waals surface area contributed by atoms with Crippen LogP contribution in [-0.2, 0) is 0 Å². The average Bonchev–Trinajstić information content (AvgIpc) is 2.13. The Bertz CT molecular complexity index is 306. The van der Waals surface area contributed by atoms with Gasteiger partial charge in [0.05, 0.1) is 0 Å². The lowest BCUT2D eigenvalue weighted by molar-refractivity contribution is 0.244. The Labute approximate surface area is 75.6 Å².